The lowest BCUT2D eigenvalue weighted by Crippen LogP contribution is -2.48. The zero-order valence-corrected chi connectivity index (χ0v) is 15.1. The molecule has 0 spiro atoms. The zero-order chi connectivity index (χ0) is 18.7. The first kappa shape index (κ1) is 17.8. The standard InChI is InChI=1S/C20H22N2O4/c1-4-21-19(23)16-12-13-8-5-6-10-15(13)22(16)20(24)14-9-7-11-17(25-2)18(14)26-3/h5-11,16H,4,12H2,1-3H3,(H,21,23). The largest absolute Gasteiger partial charge is 0.493 e. The number of hydrogen-bond donors (Lipinski definition) is 1. The quantitative estimate of drug-likeness (QED) is 0.895. The van der Waals surface area contributed by atoms with E-state index in [1.165, 1.54) is 14.2 Å². The van der Waals surface area contributed by atoms with Gasteiger partial charge in [0.05, 0.1) is 19.8 Å². The van der Waals surface area contributed by atoms with E-state index in [0.29, 0.717) is 30.0 Å². The van der Waals surface area contributed by atoms with Crippen LogP contribution in [0.4, 0.5) is 5.69 Å². The van der Waals surface area contributed by atoms with Crippen LogP contribution in [0.3, 0.4) is 0 Å². The van der Waals surface area contributed by atoms with Gasteiger partial charge in [-0.25, -0.2) is 0 Å². The second-order valence-electron chi connectivity index (χ2n) is 5.96. The SMILES string of the molecule is CCNC(=O)C1Cc2ccccc2N1C(=O)c1cccc(OC)c1OC. The molecule has 3 rings (SSSR count). The third-order valence-electron chi connectivity index (χ3n) is 4.48. The number of para-hydroxylation sites is 2. The summed E-state index contributed by atoms with van der Waals surface area (Å²) in [7, 11) is 3.02. The van der Waals surface area contributed by atoms with Crippen molar-refractivity contribution in [3.63, 3.8) is 0 Å². The van der Waals surface area contributed by atoms with Crippen molar-refractivity contribution < 1.29 is 19.1 Å². The second kappa shape index (κ2) is 7.47. The van der Waals surface area contributed by atoms with Crippen molar-refractivity contribution in [1.29, 1.82) is 0 Å². The molecule has 2 aromatic rings. The molecule has 1 heterocycles. The van der Waals surface area contributed by atoms with Gasteiger partial charge in [0.2, 0.25) is 5.91 Å². The van der Waals surface area contributed by atoms with Crippen molar-refractivity contribution in [2.75, 3.05) is 25.7 Å². The molecule has 26 heavy (non-hydrogen) atoms. The molecule has 6 heteroatoms. The van der Waals surface area contributed by atoms with Gasteiger partial charge < -0.3 is 14.8 Å². The highest BCUT2D eigenvalue weighted by Crippen LogP contribution is 2.37. The molecule has 0 aliphatic carbocycles. The highest BCUT2D eigenvalue weighted by atomic mass is 16.5. The zero-order valence-electron chi connectivity index (χ0n) is 15.1. The number of nitrogens with one attached hydrogen (secondary N) is 1. The molecule has 0 aromatic heterocycles. The van der Waals surface area contributed by atoms with E-state index in [4.69, 9.17) is 9.47 Å². The van der Waals surface area contributed by atoms with Crippen LogP contribution in [0.25, 0.3) is 0 Å². The first-order chi connectivity index (χ1) is 12.6. The first-order valence-corrected chi connectivity index (χ1v) is 8.52. The number of likely N-dealkylation sites (N-methyl/N-ethyl adjacent to an activating group) is 1. The lowest BCUT2D eigenvalue weighted by Gasteiger charge is -2.25. The molecule has 0 bridgehead atoms. The van der Waals surface area contributed by atoms with E-state index >= 15 is 0 Å². The number of nitrogens with zero attached hydrogens (tertiary/aromatic N) is 1. The Hall–Kier alpha value is -3.02. The summed E-state index contributed by atoms with van der Waals surface area (Å²) < 4.78 is 10.7. The number of benzene rings is 2. The molecule has 1 unspecified atom stereocenters. The molecule has 1 atom stereocenters. The Morgan fingerprint density at radius 2 is 1.88 bits per heavy atom. The number of amides is 2. The van der Waals surface area contributed by atoms with Crippen LogP contribution in [0.5, 0.6) is 11.5 Å². The second-order valence-corrected chi connectivity index (χ2v) is 5.96. The van der Waals surface area contributed by atoms with Gasteiger partial charge in [0, 0.05) is 18.7 Å². The Kier molecular flexibility index (Phi) is 5.11. The number of carbonyl (C=O) groups is 2. The van der Waals surface area contributed by atoms with E-state index in [1.807, 2.05) is 31.2 Å². The van der Waals surface area contributed by atoms with Crippen molar-refractivity contribution in [3.05, 3.63) is 53.6 Å². The summed E-state index contributed by atoms with van der Waals surface area (Å²) in [6.45, 7) is 2.37. The average Bonchev–Trinajstić information content (AvgIpc) is 3.06. The van der Waals surface area contributed by atoms with Gasteiger partial charge in [-0.2, -0.15) is 0 Å². The summed E-state index contributed by atoms with van der Waals surface area (Å²) in [5.74, 6) is 0.375. The summed E-state index contributed by atoms with van der Waals surface area (Å²) in [6.07, 6.45) is 0.486. The summed E-state index contributed by atoms with van der Waals surface area (Å²) in [6, 6.07) is 12.1. The third-order valence-corrected chi connectivity index (χ3v) is 4.48. The van der Waals surface area contributed by atoms with Crippen LogP contribution in [0.2, 0.25) is 0 Å². The van der Waals surface area contributed by atoms with Crippen molar-refractivity contribution in [2.24, 2.45) is 0 Å². The number of ether oxygens (including phenoxy) is 2. The number of fused-ring (bicyclic) bond motifs is 1. The molecule has 0 fully saturated rings. The number of carbonyl (C=O) groups excluding carboxylic acids is 2. The summed E-state index contributed by atoms with van der Waals surface area (Å²) in [4.78, 5) is 27.5. The molecular weight excluding hydrogens is 332 g/mol. The molecular formula is C20H22N2O4. The summed E-state index contributed by atoms with van der Waals surface area (Å²) in [5, 5.41) is 2.82. The van der Waals surface area contributed by atoms with E-state index in [1.54, 1.807) is 23.1 Å². The maximum Gasteiger partial charge on any atom is 0.262 e. The highest BCUT2D eigenvalue weighted by molar-refractivity contribution is 6.13. The van der Waals surface area contributed by atoms with Gasteiger partial charge in [0.1, 0.15) is 6.04 Å². The lowest BCUT2D eigenvalue weighted by molar-refractivity contribution is -0.122. The Morgan fingerprint density at radius 3 is 2.58 bits per heavy atom. The van der Waals surface area contributed by atoms with Crippen molar-refractivity contribution in [3.8, 4) is 11.5 Å². The van der Waals surface area contributed by atoms with Crippen LogP contribution in [0, 0.1) is 0 Å². The Balaban J connectivity index is 2.07. The molecule has 1 aliphatic rings. The molecule has 136 valence electrons. The fourth-order valence-electron chi connectivity index (χ4n) is 3.32. The van der Waals surface area contributed by atoms with Gasteiger partial charge in [0.15, 0.2) is 11.5 Å². The van der Waals surface area contributed by atoms with Crippen molar-refractivity contribution >= 4 is 17.5 Å². The molecule has 6 nitrogen and oxygen atoms in total. The van der Waals surface area contributed by atoms with E-state index in [2.05, 4.69) is 5.32 Å². The maximum absolute atomic E-state index is 13.4. The normalized spacial score (nSPS) is 15.3. The van der Waals surface area contributed by atoms with Gasteiger partial charge >= 0.3 is 0 Å². The van der Waals surface area contributed by atoms with Crippen LogP contribution in [-0.4, -0.2) is 38.6 Å². The van der Waals surface area contributed by atoms with Crippen LogP contribution in [-0.2, 0) is 11.2 Å². The number of rotatable bonds is 5. The van der Waals surface area contributed by atoms with Crippen LogP contribution in [0.15, 0.2) is 42.5 Å². The number of hydrogen-bond acceptors (Lipinski definition) is 4. The Labute approximate surface area is 152 Å². The fourth-order valence-corrected chi connectivity index (χ4v) is 3.32. The van der Waals surface area contributed by atoms with Crippen molar-refractivity contribution in [2.45, 2.75) is 19.4 Å². The smallest absolute Gasteiger partial charge is 0.262 e. The Bertz CT molecular complexity index is 834. The van der Waals surface area contributed by atoms with E-state index in [-0.39, 0.29) is 11.8 Å². The van der Waals surface area contributed by atoms with E-state index in [9.17, 15) is 9.59 Å². The van der Waals surface area contributed by atoms with Crippen LogP contribution < -0.4 is 19.7 Å². The van der Waals surface area contributed by atoms with Crippen LogP contribution in [0.1, 0.15) is 22.8 Å². The molecule has 0 saturated heterocycles. The maximum atomic E-state index is 13.4. The number of methoxy groups -OCH3 is 2. The molecule has 2 aromatic carbocycles. The average molecular weight is 354 g/mol. The fraction of sp³-hybridized carbons (Fsp3) is 0.300. The Morgan fingerprint density at radius 1 is 1.12 bits per heavy atom. The van der Waals surface area contributed by atoms with Crippen LogP contribution >= 0.6 is 0 Å². The predicted octanol–water partition coefficient (Wildman–Crippen LogP) is 2.41. The summed E-state index contributed by atoms with van der Waals surface area (Å²) in [5.41, 5.74) is 2.08. The third kappa shape index (κ3) is 2.98. The molecule has 1 aliphatic heterocycles. The minimum absolute atomic E-state index is 0.168. The first-order valence-electron chi connectivity index (χ1n) is 8.52. The lowest BCUT2D eigenvalue weighted by atomic mass is 10.1. The predicted molar refractivity (Wildman–Crippen MR) is 99.0 cm³/mol. The summed E-state index contributed by atoms with van der Waals surface area (Å²) >= 11 is 0. The molecule has 0 radical (unpaired) electrons. The molecule has 2 amide bonds. The number of anilines is 1. The molecule has 0 saturated carbocycles. The van der Waals surface area contributed by atoms with E-state index in [0.717, 1.165) is 11.3 Å². The topological polar surface area (TPSA) is 67.9 Å². The van der Waals surface area contributed by atoms with Gasteiger partial charge in [-0.05, 0) is 30.7 Å². The van der Waals surface area contributed by atoms with Gasteiger partial charge in [0.25, 0.3) is 5.91 Å². The van der Waals surface area contributed by atoms with Gasteiger partial charge in [-0.15, -0.1) is 0 Å². The highest BCUT2D eigenvalue weighted by Gasteiger charge is 2.39. The van der Waals surface area contributed by atoms with E-state index < -0.39 is 6.04 Å². The minimum atomic E-state index is -0.587. The van der Waals surface area contributed by atoms with Gasteiger partial charge in [-0.3, -0.25) is 14.5 Å². The van der Waals surface area contributed by atoms with Crippen molar-refractivity contribution in [1.82, 2.24) is 5.32 Å². The minimum Gasteiger partial charge on any atom is -0.493 e. The molecule has 1 N–H and O–H groups in total. The van der Waals surface area contributed by atoms with Gasteiger partial charge in [-0.1, -0.05) is 24.3 Å². The monoisotopic (exact) mass is 354 g/mol.